The largest absolute Gasteiger partial charge is 0.368 e. The van der Waals surface area contributed by atoms with Gasteiger partial charge in [-0.15, -0.1) is 0 Å². The van der Waals surface area contributed by atoms with Crippen molar-refractivity contribution in [1.82, 2.24) is 4.98 Å². The van der Waals surface area contributed by atoms with Gasteiger partial charge in [0.05, 0.1) is 11.9 Å². The molecule has 0 atom stereocenters. The van der Waals surface area contributed by atoms with E-state index in [2.05, 4.69) is 26.2 Å². The molecular weight excluding hydrogens is 372 g/mol. The zero-order valence-corrected chi connectivity index (χ0v) is 16.1. The quantitative estimate of drug-likeness (QED) is 0.718. The molecule has 5 nitrogen and oxygen atoms in total. The van der Waals surface area contributed by atoms with E-state index in [1.165, 1.54) is 0 Å². The number of aromatic nitrogens is 1. The first-order chi connectivity index (χ1) is 13.7. The number of nitrogens with zero attached hydrogens (tertiary/aromatic N) is 3. The molecule has 0 radical (unpaired) electrons. The van der Waals surface area contributed by atoms with Crippen LogP contribution in [-0.2, 0) is 0 Å². The molecule has 0 saturated carbocycles. The van der Waals surface area contributed by atoms with Crippen molar-refractivity contribution < 1.29 is 4.79 Å². The highest BCUT2D eigenvalue weighted by Crippen LogP contribution is 2.23. The fourth-order valence-corrected chi connectivity index (χ4v) is 3.49. The summed E-state index contributed by atoms with van der Waals surface area (Å²) in [5.74, 6) is 0.786. The molecule has 0 aliphatic carbocycles. The zero-order valence-electron chi connectivity index (χ0n) is 15.4. The van der Waals surface area contributed by atoms with Crippen molar-refractivity contribution >= 4 is 34.7 Å². The van der Waals surface area contributed by atoms with Crippen LogP contribution in [0.15, 0.2) is 72.9 Å². The van der Waals surface area contributed by atoms with Gasteiger partial charge in [0, 0.05) is 42.5 Å². The highest BCUT2D eigenvalue weighted by molar-refractivity contribution is 6.30. The van der Waals surface area contributed by atoms with E-state index in [4.69, 9.17) is 11.6 Å². The molecule has 142 valence electrons. The highest BCUT2D eigenvalue weighted by atomic mass is 35.5. The zero-order chi connectivity index (χ0) is 19.3. The Labute approximate surface area is 169 Å². The summed E-state index contributed by atoms with van der Waals surface area (Å²) in [5, 5.41) is 3.64. The summed E-state index contributed by atoms with van der Waals surface area (Å²) < 4.78 is 0. The number of hydrogen-bond acceptors (Lipinski definition) is 4. The lowest BCUT2D eigenvalue weighted by atomic mass is 10.2. The van der Waals surface area contributed by atoms with Crippen molar-refractivity contribution in [1.29, 1.82) is 0 Å². The van der Waals surface area contributed by atoms with Gasteiger partial charge in [-0.3, -0.25) is 4.79 Å². The fourth-order valence-electron chi connectivity index (χ4n) is 3.31. The van der Waals surface area contributed by atoms with E-state index >= 15 is 0 Å². The van der Waals surface area contributed by atoms with Crippen LogP contribution < -0.4 is 15.1 Å². The second-order valence-electron chi connectivity index (χ2n) is 6.68. The summed E-state index contributed by atoms with van der Waals surface area (Å²) in [6.07, 6.45) is 1.71. The van der Waals surface area contributed by atoms with Gasteiger partial charge in [0.25, 0.3) is 5.91 Å². The molecule has 0 spiro atoms. The van der Waals surface area contributed by atoms with Gasteiger partial charge in [-0.2, -0.15) is 0 Å². The third-order valence-corrected chi connectivity index (χ3v) is 5.05. The molecule has 1 N–H and O–H groups in total. The van der Waals surface area contributed by atoms with E-state index in [1.54, 1.807) is 18.3 Å². The Morgan fingerprint density at radius 2 is 1.64 bits per heavy atom. The Balaban J connectivity index is 1.35. The van der Waals surface area contributed by atoms with Gasteiger partial charge >= 0.3 is 0 Å². The maximum absolute atomic E-state index is 12.2. The van der Waals surface area contributed by atoms with Crippen LogP contribution in [0, 0.1) is 0 Å². The molecule has 28 heavy (non-hydrogen) atoms. The SMILES string of the molecule is O=C(Nc1ccc(N2CCN(c3cccc(Cl)c3)CC2)nc1)c1ccccc1. The Bertz CT molecular complexity index is 938. The van der Waals surface area contributed by atoms with Crippen LogP contribution in [0.2, 0.25) is 5.02 Å². The fraction of sp³-hybridized carbons (Fsp3) is 0.182. The van der Waals surface area contributed by atoms with Gasteiger partial charge in [-0.1, -0.05) is 35.9 Å². The monoisotopic (exact) mass is 392 g/mol. The number of halogens is 1. The number of piperazine rings is 1. The number of benzene rings is 2. The summed E-state index contributed by atoms with van der Waals surface area (Å²) >= 11 is 6.10. The average molecular weight is 393 g/mol. The molecule has 4 rings (SSSR count). The summed E-state index contributed by atoms with van der Waals surface area (Å²) in [4.78, 5) is 21.3. The van der Waals surface area contributed by atoms with Crippen molar-refractivity contribution in [2.75, 3.05) is 41.3 Å². The lowest BCUT2D eigenvalue weighted by Gasteiger charge is -2.36. The maximum atomic E-state index is 12.2. The molecule has 1 aliphatic heterocycles. The van der Waals surface area contributed by atoms with E-state index in [0.717, 1.165) is 42.7 Å². The van der Waals surface area contributed by atoms with Crippen LogP contribution in [0.5, 0.6) is 0 Å². The third-order valence-electron chi connectivity index (χ3n) is 4.82. The van der Waals surface area contributed by atoms with Crippen molar-refractivity contribution in [2.24, 2.45) is 0 Å². The van der Waals surface area contributed by atoms with Crippen LogP contribution in [0.1, 0.15) is 10.4 Å². The first kappa shape index (κ1) is 18.3. The Hall–Kier alpha value is -3.05. The van der Waals surface area contributed by atoms with E-state index in [1.807, 2.05) is 48.5 Å². The predicted molar refractivity (Wildman–Crippen MR) is 115 cm³/mol. The molecule has 1 fully saturated rings. The summed E-state index contributed by atoms with van der Waals surface area (Å²) in [7, 11) is 0. The van der Waals surface area contributed by atoms with E-state index in [9.17, 15) is 4.79 Å². The van der Waals surface area contributed by atoms with Crippen molar-refractivity contribution in [3.05, 3.63) is 83.5 Å². The number of amides is 1. The molecule has 1 amide bonds. The molecule has 1 aromatic heterocycles. The van der Waals surface area contributed by atoms with Crippen molar-refractivity contribution in [2.45, 2.75) is 0 Å². The Morgan fingerprint density at radius 1 is 0.893 bits per heavy atom. The number of carbonyl (C=O) groups excluding carboxylic acids is 1. The van der Waals surface area contributed by atoms with Crippen LogP contribution in [0.3, 0.4) is 0 Å². The second-order valence-corrected chi connectivity index (χ2v) is 7.12. The molecule has 0 bridgehead atoms. The number of anilines is 3. The van der Waals surface area contributed by atoms with E-state index < -0.39 is 0 Å². The molecule has 1 saturated heterocycles. The summed E-state index contributed by atoms with van der Waals surface area (Å²) in [5.41, 5.74) is 2.47. The van der Waals surface area contributed by atoms with Crippen molar-refractivity contribution in [3.8, 4) is 0 Å². The smallest absolute Gasteiger partial charge is 0.255 e. The van der Waals surface area contributed by atoms with Crippen LogP contribution in [-0.4, -0.2) is 37.1 Å². The highest BCUT2D eigenvalue weighted by Gasteiger charge is 2.18. The normalized spacial score (nSPS) is 14.0. The number of pyridine rings is 1. The lowest BCUT2D eigenvalue weighted by molar-refractivity contribution is 0.102. The topological polar surface area (TPSA) is 48.5 Å². The molecule has 1 aliphatic rings. The van der Waals surface area contributed by atoms with Gasteiger partial charge < -0.3 is 15.1 Å². The van der Waals surface area contributed by atoms with Gasteiger partial charge in [-0.05, 0) is 42.5 Å². The van der Waals surface area contributed by atoms with Gasteiger partial charge in [0.1, 0.15) is 5.82 Å². The maximum Gasteiger partial charge on any atom is 0.255 e. The number of nitrogens with one attached hydrogen (secondary N) is 1. The first-order valence-corrected chi connectivity index (χ1v) is 9.65. The van der Waals surface area contributed by atoms with Crippen LogP contribution in [0.25, 0.3) is 0 Å². The van der Waals surface area contributed by atoms with Gasteiger partial charge in [-0.25, -0.2) is 4.98 Å². The molecule has 2 aromatic carbocycles. The molecule has 2 heterocycles. The van der Waals surface area contributed by atoms with Gasteiger partial charge in [0.15, 0.2) is 0 Å². The number of carbonyl (C=O) groups is 1. The standard InChI is InChI=1S/C22H21ClN4O/c23-18-7-4-8-20(15-18)26-11-13-27(14-12-26)21-10-9-19(16-24-21)25-22(28)17-5-2-1-3-6-17/h1-10,15-16H,11-14H2,(H,25,28). The van der Waals surface area contributed by atoms with Crippen LogP contribution in [0.4, 0.5) is 17.2 Å². The third kappa shape index (κ3) is 4.26. The van der Waals surface area contributed by atoms with Gasteiger partial charge in [0.2, 0.25) is 0 Å². The van der Waals surface area contributed by atoms with E-state index in [0.29, 0.717) is 11.3 Å². The minimum atomic E-state index is -0.134. The molecular formula is C22H21ClN4O. The predicted octanol–water partition coefficient (Wildman–Crippen LogP) is 4.31. The number of hydrogen-bond donors (Lipinski definition) is 1. The molecule has 6 heteroatoms. The summed E-state index contributed by atoms with van der Waals surface area (Å²) in [6, 6.07) is 21.0. The minimum Gasteiger partial charge on any atom is -0.368 e. The lowest BCUT2D eigenvalue weighted by Crippen LogP contribution is -2.46. The summed E-state index contributed by atoms with van der Waals surface area (Å²) in [6.45, 7) is 3.59. The number of rotatable bonds is 4. The van der Waals surface area contributed by atoms with Crippen LogP contribution >= 0.6 is 11.6 Å². The molecule has 0 unspecified atom stereocenters. The average Bonchev–Trinajstić information content (AvgIpc) is 2.75. The second kappa shape index (κ2) is 8.31. The van der Waals surface area contributed by atoms with Crippen molar-refractivity contribution in [3.63, 3.8) is 0 Å². The minimum absolute atomic E-state index is 0.134. The Morgan fingerprint density at radius 3 is 2.32 bits per heavy atom. The first-order valence-electron chi connectivity index (χ1n) is 9.27. The van der Waals surface area contributed by atoms with E-state index in [-0.39, 0.29) is 5.91 Å². The Kier molecular flexibility index (Phi) is 5.44. The molecule has 3 aromatic rings.